The molecule has 24 heavy (non-hydrogen) atoms. The van der Waals surface area contributed by atoms with E-state index >= 15 is 0 Å². The molecule has 1 aromatic heterocycles. The van der Waals surface area contributed by atoms with Gasteiger partial charge in [0.1, 0.15) is 0 Å². The molecule has 2 heterocycles. The van der Waals surface area contributed by atoms with E-state index in [1.165, 1.54) is 6.42 Å². The summed E-state index contributed by atoms with van der Waals surface area (Å²) in [5.74, 6) is 0.568. The zero-order chi connectivity index (χ0) is 16.9. The summed E-state index contributed by atoms with van der Waals surface area (Å²) in [5, 5.41) is 4.07. The molecule has 5 nitrogen and oxygen atoms in total. The van der Waals surface area contributed by atoms with Gasteiger partial charge in [-0.3, -0.25) is 4.98 Å². The van der Waals surface area contributed by atoms with E-state index < -0.39 is 0 Å². The average Bonchev–Trinajstić information content (AvgIpc) is 3.04. The topological polar surface area (TPSA) is 48.5 Å². The van der Waals surface area contributed by atoms with Gasteiger partial charge in [0.05, 0.1) is 11.2 Å². The first-order valence-corrected chi connectivity index (χ1v) is 8.75. The average molecular weight is 326 g/mol. The Balaban J connectivity index is 1.61. The lowest BCUT2D eigenvalue weighted by Gasteiger charge is -2.21. The number of hydrogen-bond donors (Lipinski definition) is 1. The first-order chi connectivity index (χ1) is 11.7. The van der Waals surface area contributed by atoms with Crippen molar-refractivity contribution in [1.82, 2.24) is 14.8 Å². The second kappa shape index (κ2) is 7.62. The van der Waals surface area contributed by atoms with Gasteiger partial charge in [0.15, 0.2) is 0 Å². The van der Waals surface area contributed by atoms with Gasteiger partial charge in [-0.2, -0.15) is 0 Å². The Morgan fingerprint density at radius 3 is 3.04 bits per heavy atom. The van der Waals surface area contributed by atoms with Gasteiger partial charge in [-0.25, -0.2) is 4.79 Å². The fourth-order valence-corrected chi connectivity index (χ4v) is 3.48. The number of carbonyl (C=O) groups excluding carboxylic acids is 1. The Labute approximate surface area is 143 Å². The van der Waals surface area contributed by atoms with Crippen LogP contribution >= 0.6 is 0 Å². The number of carbonyl (C=O) groups is 1. The Hall–Kier alpha value is -2.14. The van der Waals surface area contributed by atoms with Gasteiger partial charge in [0.25, 0.3) is 0 Å². The molecule has 5 heteroatoms. The number of hydrogen-bond acceptors (Lipinski definition) is 3. The minimum atomic E-state index is -0.0196. The molecule has 128 valence electrons. The van der Waals surface area contributed by atoms with Crippen molar-refractivity contribution in [3.8, 4) is 0 Å². The molecular weight excluding hydrogens is 300 g/mol. The summed E-state index contributed by atoms with van der Waals surface area (Å²) in [6.45, 7) is 6.04. The largest absolute Gasteiger partial charge is 0.324 e. The normalized spacial score (nSPS) is 17.6. The van der Waals surface area contributed by atoms with Gasteiger partial charge >= 0.3 is 6.03 Å². The van der Waals surface area contributed by atoms with Crippen molar-refractivity contribution in [3.63, 3.8) is 0 Å². The van der Waals surface area contributed by atoms with Crippen molar-refractivity contribution >= 4 is 22.6 Å². The number of nitrogens with one attached hydrogen (secondary N) is 1. The zero-order valence-electron chi connectivity index (χ0n) is 14.5. The fraction of sp³-hybridized carbons (Fsp3) is 0.474. The molecule has 1 N–H and O–H groups in total. The van der Waals surface area contributed by atoms with Gasteiger partial charge < -0.3 is 15.1 Å². The standard InChI is InChI=1S/C19H26N4O/c1-3-11-22(2)13-15-9-12-23(14-15)19(24)21-17-8-4-6-16-7-5-10-20-18(16)17/h4-8,10,15H,3,9,11-14H2,1-2H3,(H,21,24). The number of benzene rings is 1. The Morgan fingerprint density at radius 2 is 2.21 bits per heavy atom. The molecule has 3 rings (SSSR count). The molecule has 1 atom stereocenters. The number of amides is 2. The molecule has 2 aromatic rings. The molecule has 1 saturated heterocycles. The molecule has 2 amide bonds. The van der Waals surface area contributed by atoms with Crippen LogP contribution in [0.1, 0.15) is 19.8 Å². The van der Waals surface area contributed by atoms with Crippen molar-refractivity contribution in [3.05, 3.63) is 36.5 Å². The first-order valence-electron chi connectivity index (χ1n) is 8.75. The highest BCUT2D eigenvalue weighted by Crippen LogP contribution is 2.23. The van der Waals surface area contributed by atoms with Gasteiger partial charge in [-0.05, 0) is 44.5 Å². The number of para-hydroxylation sites is 1. The van der Waals surface area contributed by atoms with Crippen molar-refractivity contribution in [2.24, 2.45) is 5.92 Å². The van der Waals surface area contributed by atoms with E-state index in [0.29, 0.717) is 5.92 Å². The quantitative estimate of drug-likeness (QED) is 0.916. The molecular formula is C19H26N4O. The van der Waals surface area contributed by atoms with Crippen LogP contribution in [-0.4, -0.2) is 54.0 Å². The lowest BCUT2D eigenvalue weighted by molar-refractivity contribution is 0.217. The minimum Gasteiger partial charge on any atom is -0.324 e. The van der Waals surface area contributed by atoms with E-state index in [4.69, 9.17) is 0 Å². The molecule has 0 aliphatic carbocycles. The van der Waals surface area contributed by atoms with Crippen LogP contribution in [0.3, 0.4) is 0 Å². The maximum atomic E-state index is 12.6. The van der Waals surface area contributed by atoms with Crippen LogP contribution in [0.15, 0.2) is 36.5 Å². The Bertz CT molecular complexity index is 697. The molecule has 0 radical (unpaired) electrons. The smallest absolute Gasteiger partial charge is 0.321 e. The van der Waals surface area contributed by atoms with Crippen LogP contribution in [0.4, 0.5) is 10.5 Å². The molecule has 1 aromatic carbocycles. The van der Waals surface area contributed by atoms with Crippen molar-refractivity contribution in [2.75, 3.05) is 38.5 Å². The fourth-order valence-electron chi connectivity index (χ4n) is 3.48. The third-order valence-corrected chi connectivity index (χ3v) is 4.62. The van der Waals surface area contributed by atoms with E-state index in [-0.39, 0.29) is 6.03 Å². The van der Waals surface area contributed by atoms with Crippen molar-refractivity contribution in [2.45, 2.75) is 19.8 Å². The second-order valence-corrected chi connectivity index (χ2v) is 6.67. The number of fused-ring (bicyclic) bond motifs is 1. The van der Waals surface area contributed by atoms with Crippen LogP contribution in [-0.2, 0) is 0 Å². The van der Waals surface area contributed by atoms with Crippen LogP contribution in [0.25, 0.3) is 10.9 Å². The minimum absolute atomic E-state index is 0.0196. The zero-order valence-corrected chi connectivity index (χ0v) is 14.5. The summed E-state index contributed by atoms with van der Waals surface area (Å²) in [4.78, 5) is 21.3. The Morgan fingerprint density at radius 1 is 1.38 bits per heavy atom. The van der Waals surface area contributed by atoms with Crippen LogP contribution < -0.4 is 5.32 Å². The number of anilines is 1. The third-order valence-electron chi connectivity index (χ3n) is 4.62. The van der Waals surface area contributed by atoms with Crippen LogP contribution in [0.2, 0.25) is 0 Å². The predicted octanol–water partition coefficient (Wildman–Crippen LogP) is 3.43. The van der Waals surface area contributed by atoms with Crippen molar-refractivity contribution in [1.29, 1.82) is 0 Å². The summed E-state index contributed by atoms with van der Waals surface area (Å²) < 4.78 is 0. The maximum Gasteiger partial charge on any atom is 0.321 e. The highest BCUT2D eigenvalue weighted by atomic mass is 16.2. The number of rotatable bonds is 5. The Kier molecular flexibility index (Phi) is 5.30. The highest BCUT2D eigenvalue weighted by molar-refractivity contribution is 5.99. The van der Waals surface area contributed by atoms with Gasteiger partial charge in [-0.15, -0.1) is 0 Å². The summed E-state index contributed by atoms with van der Waals surface area (Å²) in [6, 6.07) is 9.77. The van der Waals surface area contributed by atoms with Crippen LogP contribution in [0.5, 0.6) is 0 Å². The monoisotopic (exact) mass is 326 g/mol. The molecule has 0 saturated carbocycles. The van der Waals surface area contributed by atoms with Gasteiger partial charge in [0.2, 0.25) is 0 Å². The predicted molar refractivity (Wildman–Crippen MR) is 98.2 cm³/mol. The van der Waals surface area contributed by atoms with Gasteiger partial charge in [-0.1, -0.05) is 25.1 Å². The van der Waals surface area contributed by atoms with E-state index in [1.54, 1.807) is 6.20 Å². The van der Waals surface area contributed by atoms with Gasteiger partial charge in [0, 0.05) is 31.2 Å². The third kappa shape index (κ3) is 3.85. The summed E-state index contributed by atoms with van der Waals surface area (Å²) in [6.07, 6.45) is 4.00. The van der Waals surface area contributed by atoms with Crippen LogP contribution in [0, 0.1) is 5.92 Å². The molecule has 0 spiro atoms. The first kappa shape index (κ1) is 16.7. The summed E-state index contributed by atoms with van der Waals surface area (Å²) in [7, 11) is 2.16. The number of nitrogens with zero attached hydrogens (tertiary/aromatic N) is 3. The maximum absolute atomic E-state index is 12.6. The van der Waals surface area contributed by atoms with Crippen molar-refractivity contribution < 1.29 is 4.79 Å². The molecule has 1 aliphatic rings. The molecule has 1 unspecified atom stereocenters. The number of likely N-dealkylation sites (tertiary alicyclic amines) is 1. The summed E-state index contributed by atoms with van der Waals surface area (Å²) >= 11 is 0. The molecule has 0 bridgehead atoms. The lowest BCUT2D eigenvalue weighted by atomic mass is 10.1. The second-order valence-electron chi connectivity index (χ2n) is 6.67. The molecule has 1 aliphatic heterocycles. The van der Waals surface area contributed by atoms with E-state index in [9.17, 15) is 4.79 Å². The number of urea groups is 1. The van der Waals surface area contributed by atoms with E-state index in [2.05, 4.69) is 29.2 Å². The number of aromatic nitrogens is 1. The molecule has 1 fully saturated rings. The van der Waals surface area contributed by atoms with E-state index in [0.717, 1.165) is 49.2 Å². The SMILES string of the molecule is CCCN(C)CC1CCN(C(=O)Nc2cccc3cccnc23)C1. The van der Waals surface area contributed by atoms with E-state index in [1.807, 2.05) is 35.2 Å². The highest BCUT2D eigenvalue weighted by Gasteiger charge is 2.27. The number of pyridine rings is 1. The lowest BCUT2D eigenvalue weighted by Crippen LogP contribution is -2.34. The summed E-state index contributed by atoms with van der Waals surface area (Å²) in [5.41, 5.74) is 1.62.